The van der Waals surface area contributed by atoms with Crippen LogP contribution in [0.2, 0.25) is 0 Å². The third-order valence-corrected chi connectivity index (χ3v) is 8.05. The minimum Gasteiger partial charge on any atom is -0.508 e. The minimum absolute atomic E-state index is 0.135. The van der Waals surface area contributed by atoms with Crippen LogP contribution in [-0.2, 0) is 6.42 Å². The maximum atomic E-state index is 11.6. The van der Waals surface area contributed by atoms with Gasteiger partial charge in [-0.2, -0.15) is 0 Å². The average Bonchev–Trinajstić information content (AvgIpc) is 2.98. The van der Waals surface area contributed by atoms with Gasteiger partial charge in [0.2, 0.25) is 0 Å². The van der Waals surface area contributed by atoms with Gasteiger partial charge in [-0.05, 0) is 91.7 Å². The molecule has 0 bridgehead atoms. The molecule has 0 amide bonds. The highest BCUT2D eigenvalue weighted by Gasteiger charge is 2.61. The van der Waals surface area contributed by atoms with Crippen molar-refractivity contribution in [1.82, 2.24) is 0 Å². The van der Waals surface area contributed by atoms with Gasteiger partial charge in [-0.1, -0.05) is 43.0 Å². The Bertz CT molecular complexity index is 953. The zero-order chi connectivity index (χ0) is 19.4. The number of rotatable bonds is 0. The minimum atomic E-state index is -0.895. The molecule has 5 atom stereocenters. The third kappa shape index (κ3) is 2.60. The Kier molecular flexibility index (Phi) is 4.07. The maximum Gasteiger partial charge on any atom is 0.131 e. The zero-order valence-corrected chi connectivity index (χ0v) is 16.5. The van der Waals surface area contributed by atoms with Crippen molar-refractivity contribution in [3.8, 4) is 17.6 Å². The number of benzene rings is 2. The van der Waals surface area contributed by atoms with Crippen LogP contribution >= 0.6 is 0 Å². The Morgan fingerprint density at radius 2 is 1.82 bits per heavy atom. The van der Waals surface area contributed by atoms with Crippen molar-refractivity contribution in [3.63, 3.8) is 0 Å². The first kappa shape index (κ1) is 17.8. The number of hydrogen-bond donors (Lipinski definition) is 2. The molecule has 0 radical (unpaired) electrons. The van der Waals surface area contributed by atoms with Gasteiger partial charge in [0.15, 0.2) is 0 Å². The van der Waals surface area contributed by atoms with Crippen LogP contribution in [0.5, 0.6) is 5.75 Å². The molecule has 0 spiro atoms. The molecule has 2 N–H and O–H groups in total. The highest BCUT2D eigenvalue weighted by atomic mass is 16.3. The molecule has 0 unspecified atom stereocenters. The van der Waals surface area contributed by atoms with E-state index in [2.05, 4.69) is 24.8 Å². The van der Waals surface area contributed by atoms with E-state index in [-0.39, 0.29) is 5.41 Å². The van der Waals surface area contributed by atoms with E-state index >= 15 is 0 Å². The van der Waals surface area contributed by atoms with Crippen LogP contribution in [0.15, 0.2) is 48.5 Å². The topological polar surface area (TPSA) is 40.5 Å². The van der Waals surface area contributed by atoms with Gasteiger partial charge in [-0.25, -0.2) is 0 Å². The number of aliphatic hydroxyl groups is 1. The van der Waals surface area contributed by atoms with Gasteiger partial charge in [0.25, 0.3) is 0 Å². The molecule has 28 heavy (non-hydrogen) atoms. The Labute approximate surface area is 167 Å². The second kappa shape index (κ2) is 6.39. The summed E-state index contributed by atoms with van der Waals surface area (Å²) in [6, 6.07) is 15.9. The Balaban J connectivity index is 1.46. The van der Waals surface area contributed by atoms with Gasteiger partial charge in [0.1, 0.15) is 11.4 Å². The summed E-state index contributed by atoms with van der Waals surface area (Å²) < 4.78 is 0. The Hall–Kier alpha value is -2.24. The van der Waals surface area contributed by atoms with E-state index in [1.165, 1.54) is 11.1 Å². The van der Waals surface area contributed by atoms with Gasteiger partial charge in [0.05, 0.1) is 0 Å². The predicted octanol–water partition coefficient (Wildman–Crippen LogP) is 5.03. The molecule has 2 saturated carbocycles. The molecular weight excluding hydrogens is 344 g/mol. The fourth-order valence-corrected chi connectivity index (χ4v) is 6.49. The first-order valence-corrected chi connectivity index (χ1v) is 10.6. The summed E-state index contributed by atoms with van der Waals surface area (Å²) in [4.78, 5) is 0. The number of aryl methyl sites for hydroxylation is 1. The second-order valence-corrected chi connectivity index (χ2v) is 9.27. The van der Waals surface area contributed by atoms with E-state index in [0.717, 1.165) is 44.1 Å². The summed E-state index contributed by atoms with van der Waals surface area (Å²) in [6.45, 7) is 2.28. The average molecular weight is 373 g/mol. The van der Waals surface area contributed by atoms with Crippen molar-refractivity contribution in [2.45, 2.75) is 57.0 Å². The fourth-order valence-electron chi connectivity index (χ4n) is 6.49. The molecule has 5 rings (SSSR count). The molecule has 2 nitrogen and oxygen atoms in total. The van der Waals surface area contributed by atoms with E-state index in [1.54, 1.807) is 0 Å². The predicted molar refractivity (Wildman–Crippen MR) is 111 cm³/mol. The summed E-state index contributed by atoms with van der Waals surface area (Å²) in [5.41, 5.74) is 2.70. The molecule has 0 saturated heterocycles. The first-order chi connectivity index (χ1) is 13.5. The second-order valence-electron chi connectivity index (χ2n) is 9.27. The van der Waals surface area contributed by atoms with Gasteiger partial charge < -0.3 is 10.2 Å². The third-order valence-electron chi connectivity index (χ3n) is 8.05. The highest BCUT2D eigenvalue weighted by Crippen LogP contribution is 2.64. The number of hydrogen-bond acceptors (Lipinski definition) is 2. The SMILES string of the molecule is C[C@]12CC[C@@H]3c4ccc(O)cc4CC[C@H]3[C@@H]1CC[C@@]2(O)C#Cc1ccccc1. The van der Waals surface area contributed by atoms with Crippen LogP contribution in [-0.4, -0.2) is 15.8 Å². The Morgan fingerprint density at radius 3 is 2.64 bits per heavy atom. The van der Waals surface area contributed by atoms with Crippen LogP contribution in [0.3, 0.4) is 0 Å². The quantitative estimate of drug-likeness (QED) is 0.637. The number of phenols is 1. The molecular formula is C26H28O2. The van der Waals surface area contributed by atoms with E-state index in [4.69, 9.17) is 0 Å². The lowest BCUT2D eigenvalue weighted by Gasteiger charge is -2.52. The molecule has 2 aromatic rings. The van der Waals surface area contributed by atoms with Gasteiger partial charge >= 0.3 is 0 Å². The molecule has 0 heterocycles. The maximum absolute atomic E-state index is 11.6. The zero-order valence-electron chi connectivity index (χ0n) is 16.5. The summed E-state index contributed by atoms with van der Waals surface area (Å²) >= 11 is 0. The van der Waals surface area contributed by atoms with Crippen LogP contribution in [0.25, 0.3) is 0 Å². The fraction of sp³-hybridized carbons (Fsp3) is 0.462. The summed E-state index contributed by atoms with van der Waals surface area (Å²) in [7, 11) is 0. The lowest BCUT2D eigenvalue weighted by molar-refractivity contribution is -0.0647. The largest absolute Gasteiger partial charge is 0.508 e. The first-order valence-electron chi connectivity index (χ1n) is 10.6. The highest BCUT2D eigenvalue weighted by molar-refractivity contribution is 5.42. The monoisotopic (exact) mass is 372 g/mol. The lowest BCUT2D eigenvalue weighted by Crippen LogP contribution is -2.50. The van der Waals surface area contributed by atoms with Gasteiger partial charge in [-0.3, -0.25) is 0 Å². The van der Waals surface area contributed by atoms with Crippen molar-refractivity contribution in [1.29, 1.82) is 0 Å². The Morgan fingerprint density at radius 1 is 1.00 bits per heavy atom. The van der Waals surface area contributed by atoms with Crippen molar-refractivity contribution in [3.05, 3.63) is 65.2 Å². The molecule has 2 heteroatoms. The molecule has 144 valence electrons. The molecule has 2 fully saturated rings. The smallest absolute Gasteiger partial charge is 0.131 e. The number of aromatic hydroxyl groups is 1. The summed E-state index contributed by atoms with van der Waals surface area (Å²) in [5, 5.41) is 21.5. The lowest BCUT2D eigenvalue weighted by atomic mass is 9.53. The van der Waals surface area contributed by atoms with Crippen LogP contribution < -0.4 is 0 Å². The van der Waals surface area contributed by atoms with Crippen LogP contribution in [0.1, 0.15) is 61.6 Å². The molecule has 0 aliphatic heterocycles. The summed E-state index contributed by atoms with van der Waals surface area (Å²) in [6.07, 6.45) is 6.14. The number of phenolic OH excluding ortho intramolecular Hbond substituents is 1. The van der Waals surface area contributed by atoms with Crippen LogP contribution in [0, 0.1) is 29.1 Å². The van der Waals surface area contributed by atoms with Gasteiger partial charge in [-0.15, -0.1) is 0 Å². The van der Waals surface area contributed by atoms with Gasteiger partial charge in [0, 0.05) is 11.0 Å². The standard InChI is InChI=1S/C26H28O2/c1-25-14-12-22-21-10-8-20(27)17-19(21)7-9-23(22)24(25)13-16-26(25,28)15-11-18-5-3-2-4-6-18/h2-6,8,10,17,22-24,27-28H,7,9,12-14,16H2,1H3/t22-,23-,24+,25+,26+/m1/s1. The number of fused-ring (bicyclic) bond motifs is 5. The van der Waals surface area contributed by atoms with E-state index in [1.807, 2.05) is 42.5 Å². The van der Waals surface area contributed by atoms with Crippen molar-refractivity contribution >= 4 is 0 Å². The summed E-state index contributed by atoms with van der Waals surface area (Å²) in [5.74, 6) is 8.63. The van der Waals surface area contributed by atoms with Crippen molar-refractivity contribution in [2.24, 2.45) is 17.3 Å². The van der Waals surface area contributed by atoms with Crippen molar-refractivity contribution in [2.75, 3.05) is 0 Å². The molecule has 3 aliphatic rings. The van der Waals surface area contributed by atoms with E-state index in [0.29, 0.717) is 23.5 Å². The van der Waals surface area contributed by atoms with E-state index in [9.17, 15) is 10.2 Å². The molecule has 0 aromatic heterocycles. The van der Waals surface area contributed by atoms with Crippen LogP contribution in [0.4, 0.5) is 0 Å². The molecule has 2 aromatic carbocycles. The van der Waals surface area contributed by atoms with Crippen molar-refractivity contribution < 1.29 is 10.2 Å². The molecule has 3 aliphatic carbocycles. The normalized spacial score (nSPS) is 35.9. The van der Waals surface area contributed by atoms with E-state index < -0.39 is 5.60 Å².